The second-order valence-corrected chi connectivity index (χ2v) is 6.66. The molecule has 0 aliphatic heterocycles. The molecule has 0 saturated carbocycles. The lowest BCUT2D eigenvalue weighted by Gasteiger charge is -2.18. The summed E-state index contributed by atoms with van der Waals surface area (Å²) in [5, 5.41) is 17.0. The molecule has 166 valence electrons. The Labute approximate surface area is 180 Å². The Morgan fingerprint density at radius 3 is 2.53 bits per heavy atom. The first-order chi connectivity index (χ1) is 15.2. The molecular formula is C21H18F3N5O3. The van der Waals surface area contributed by atoms with Gasteiger partial charge in [-0.3, -0.25) is 4.79 Å². The van der Waals surface area contributed by atoms with Crippen LogP contribution >= 0.6 is 0 Å². The van der Waals surface area contributed by atoms with E-state index in [4.69, 9.17) is 5.26 Å². The maximum absolute atomic E-state index is 12.5. The minimum absolute atomic E-state index is 0.146. The number of ether oxygens (including phenoxy) is 1. The second-order valence-electron chi connectivity index (χ2n) is 6.66. The standard InChI is InChI=1S/C21H18F3N5O3/c22-21(23,24)32-15-7-5-14(6-8-15)28-20(31)29-18(19(30)26-10-9-25)11-13-12-27-17-4-2-1-3-16(13)17/h1-8,12,18,27H,10-11H2,(H,26,30)(H2,28,29,31). The second kappa shape index (κ2) is 9.74. The van der Waals surface area contributed by atoms with Crippen LogP contribution in [0, 0.1) is 11.3 Å². The summed E-state index contributed by atoms with van der Waals surface area (Å²) in [5.41, 5.74) is 1.84. The van der Waals surface area contributed by atoms with Gasteiger partial charge in [0.15, 0.2) is 0 Å². The summed E-state index contributed by atoms with van der Waals surface area (Å²) in [6, 6.07) is 12.0. The Morgan fingerprint density at radius 1 is 1.12 bits per heavy atom. The summed E-state index contributed by atoms with van der Waals surface area (Å²) in [7, 11) is 0. The van der Waals surface area contributed by atoms with Gasteiger partial charge in [-0.2, -0.15) is 5.26 Å². The van der Waals surface area contributed by atoms with Gasteiger partial charge in [0.2, 0.25) is 5.91 Å². The number of aromatic nitrogens is 1. The average molecular weight is 445 g/mol. The van der Waals surface area contributed by atoms with Crippen LogP contribution in [0.4, 0.5) is 23.7 Å². The molecule has 0 aliphatic rings. The fraction of sp³-hybridized carbons (Fsp3) is 0.190. The Hall–Kier alpha value is -4.20. The average Bonchev–Trinajstić information content (AvgIpc) is 3.15. The minimum atomic E-state index is -4.82. The van der Waals surface area contributed by atoms with Crippen molar-refractivity contribution in [2.24, 2.45) is 0 Å². The summed E-state index contributed by atoms with van der Waals surface area (Å²) < 4.78 is 40.5. The van der Waals surface area contributed by atoms with Gasteiger partial charge in [0, 0.05) is 29.2 Å². The van der Waals surface area contributed by atoms with Gasteiger partial charge in [0.25, 0.3) is 0 Å². The number of hydrogen-bond donors (Lipinski definition) is 4. The highest BCUT2D eigenvalue weighted by atomic mass is 19.4. The van der Waals surface area contributed by atoms with Crippen molar-refractivity contribution in [3.8, 4) is 11.8 Å². The van der Waals surface area contributed by atoms with Crippen molar-refractivity contribution < 1.29 is 27.5 Å². The molecule has 1 atom stereocenters. The van der Waals surface area contributed by atoms with Crippen molar-refractivity contribution in [2.75, 3.05) is 11.9 Å². The van der Waals surface area contributed by atoms with Gasteiger partial charge in [-0.1, -0.05) is 18.2 Å². The molecule has 0 aliphatic carbocycles. The van der Waals surface area contributed by atoms with Gasteiger partial charge < -0.3 is 25.7 Å². The number of H-pyrrole nitrogens is 1. The lowest BCUT2D eigenvalue weighted by atomic mass is 10.0. The monoisotopic (exact) mass is 445 g/mol. The van der Waals surface area contributed by atoms with Gasteiger partial charge in [0.1, 0.15) is 18.3 Å². The quantitative estimate of drug-likeness (QED) is 0.417. The van der Waals surface area contributed by atoms with E-state index in [2.05, 4.69) is 25.7 Å². The van der Waals surface area contributed by atoms with Gasteiger partial charge in [0.05, 0.1) is 6.07 Å². The van der Waals surface area contributed by atoms with E-state index in [1.54, 1.807) is 12.3 Å². The largest absolute Gasteiger partial charge is 0.573 e. The molecule has 3 amide bonds. The van der Waals surface area contributed by atoms with Crippen LogP contribution in [0.15, 0.2) is 54.7 Å². The number of nitrogens with zero attached hydrogens (tertiary/aromatic N) is 1. The van der Waals surface area contributed by atoms with Gasteiger partial charge in [-0.25, -0.2) is 4.79 Å². The predicted octanol–water partition coefficient (Wildman–Crippen LogP) is 3.44. The van der Waals surface area contributed by atoms with Crippen LogP contribution in [-0.4, -0.2) is 35.9 Å². The smallest absolute Gasteiger partial charge is 0.406 e. The molecule has 1 unspecified atom stereocenters. The molecule has 0 radical (unpaired) electrons. The van der Waals surface area contributed by atoms with E-state index < -0.39 is 30.1 Å². The maximum Gasteiger partial charge on any atom is 0.573 e. The van der Waals surface area contributed by atoms with Crippen LogP contribution in [-0.2, 0) is 11.2 Å². The molecule has 2 aromatic carbocycles. The lowest BCUT2D eigenvalue weighted by Crippen LogP contribution is -2.49. The number of urea groups is 1. The molecular weight excluding hydrogens is 427 g/mol. The van der Waals surface area contributed by atoms with Crippen molar-refractivity contribution in [3.63, 3.8) is 0 Å². The van der Waals surface area contributed by atoms with Gasteiger partial charge in [-0.05, 0) is 35.9 Å². The zero-order valence-electron chi connectivity index (χ0n) is 16.5. The molecule has 0 saturated heterocycles. The number of halogens is 3. The van der Waals surface area contributed by atoms with Crippen molar-refractivity contribution >= 4 is 28.5 Å². The third-order valence-electron chi connectivity index (χ3n) is 4.41. The van der Waals surface area contributed by atoms with E-state index in [0.717, 1.165) is 28.6 Å². The van der Waals surface area contributed by atoms with Gasteiger partial charge in [-0.15, -0.1) is 13.2 Å². The van der Waals surface area contributed by atoms with Crippen molar-refractivity contribution in [3.05, 3.63) is 60.3 Å². The van der Waals surface area contributed by atoms with Crippen LogP contribution in [0.3, 0.4) is 0 Å². The van der Waals surface area contributed by atoms with E-state index in [1.165, 1.54) is 12.1 Å². The first-order valence-electron chi connectivity index (χ1n) is 9.38. The number of fused-ring (bicyclic) bond motifs is 1. The van der Waals surface area contributed by atoms with Crippen LogP contribution in [0.2, 0.25) is 0 Å². The third kappa shape index (κ3) is 6.15. The number of para-hydroxylation sites is 1. The zero-order valence-corrected chi connectivity index (χ0v) is 16.5. The highest BCUT2D eigenvalue weighted by Gasteiger charge is 2.31. The molecule has 8 nitrogen and oxygen atoms in total. The molecule has 4 N–H and O–H groups in total. The van der Waals surface area contributed by atoms with E-state index in [1.807, 2.05) is 24.3 Å². The van der Waals surface area contributed by atoms with Crippen LogP contribution in [0.1, 0.15) is 5.56 Å². The van der Waals surface area contributed by atoms with Crippen LogP contribution < -0.4 is 20.7 Å². The molecule has 0 spiro atoms. The van der Waals surface area contributed by atoms with E-state index >= 15 is 0 Å². The minimum Gasteiger partial charge on any atom is -0.406 e. The number of anilines is 1. The summed E-state index contributed by atoms with van der Waals surface area (Å²) in [6.07, 6.45) is -2.94. The normalized spacial score (nSPS) is 11.9. The fourth-order valence-electron chi connectivity index (χ4n) is 3.04. The zero-order chi connectivity index (χ0) is 23.1. The van der Waals surface area contributed by atoms with Gasteiger partial charge >= 0.3 is 12.4 Å². The Bertz CT molecular complexity index is 1140. The molecule has 0 bridgehead atoms. The molecule has 1 heterocycles. The summed E-state index contributed by atoms with van der Waals surface area (Å²) in [4.78, 5) is 28.0. The Balaban J connectivity index is 1.69. The summed E-state index contributed by atoms with van der Waals surface area (Å²) in [6.45, 7) is -0.229. The Morgan fingerprint density at radius 2 is 1.84 bits per heavy atom. The third-order valence-corrected chi connectivity index (χ3v) is 4.41. The topological polar surface area (TPSA) is 119 Å². The number of alkyl halides is 3. The molecule has 1 aromatic heterocycles. The van der Waals surface area contributed by atoms with E-state index in [0.29, 0.717) is 0 Å². The summed E-state index contributed by atoms with van der Waals surface area (Å²) >= 11 is 0. The highest BCUT2D eigenvalue weighted by molar-refractivity contribution is 5.94. The number of benzene rings is 2. The number of rotatable bonds is 7. The Kier molecular flexibility index (Phi) is 6.84. The first-order valence-corrected chi connectivity index (χ1v) is 9.38. The first kappa shape index (κ1) is 22.5. The SMILES string of the molecule is N#CCNC(=O)C(Cc1c[nH]c2ccccc12)NC(=O)Nc1ccc(OC(F)(F)F)cc1. The number of nitrogens with one attached hydrogen (secondary N) is 4. The number of carbonyl (C=O) groups excluding carboxylic acids is 2. The van der Waals surface area contributed by atoms with E-state index in [-0.39, 0.29) is 18.7 Å². The van der Waals surface area contributed by atoms with Crippen LogP contribution in [0.25, 0.3) is 10.9 Å². The predicted molar refractivity (Wildman–Crippen MR) is 110 cm³/mol. The molecule has 11 heteroatoms. The maximum atomic E-state index is 12.5. The highest BCUT2D eigenvalue weighted by Crippen LogP contribution is 2.24. The molecule has 32 heavy (non-hydrogen) atoms. The number of hydrogen-bond acceptors (Lipinski definition) is 4. The molecule has 3 rings (SSSR count). The van der Waals surface area contributed by atoms with E-state index in [9.17, 15) is 22.8 Å². The van der Waals surface area contributed by atoms with Crippen molar-refractivity contribution in [2.45, 2.75) is 18.8 Å². The number of amides is 3. The molecule has 0 fully saturated rings. The number of carbonyl (C=O) groups is 2. The summed E-state index contributed by atoms with van der Waals surface area (Å²) in [5.74, 6) is -0.988. The number of nitriles is 1. The fourth-order valence-corrected chi connectivity index (χ4v) is 3.04. The van der Waals surface area contributed by atoms with Crippen molar-refractivity contribution in [1.82, 2.24) is 15.6 Å². The lowest BCUT2D eigenvalue weighted by molar-refractivity contribution is -0.274. The molecule has 3 aromatic rings. The van der Waals surface area contributed by atoms with Crippen LogP contribution in [0.5, 0.6) is 5.75 Å². The van der Waals surface area contributed by atoms with Crippen molar-refractivity contribution in [1.29, 1.82) is 5.26 Å². The number of aromatic amines is 1.